The van der Waals surface area contributed by atoms with Crippen molar-refractivity contribution in [2.24, 2.45) is 5.92 Å². The Labute approximate surface area is 117 Å². The van der Waals surface area contributed by atoms with E-state index in [9.17, 15) is 13.0 Å². The molecule has 0 fully saturated rings. The van der Waals surface area contributed by atoms with Gasteiger partial charge < -0.3 is 4.55 Å². The van der Waals surface area contributed by atoms with Crippen molar-refractivity contribution < 1.29 is 64.4 Å². The van der Waals surface area contributed by atoms with Crippen LogP contribution in [0.2, 0.25) is 0 Å². The average molecular weight is 218 g/mol. The maximum Gasteiger partial charge on any atom is 1.00 e. The van der Waals surface area contributed by atoms with Crippen molar-refractivity contribution in [3.63, 3.8) is 0 Å². The zero-order chi connectivity index (χ0) is 8.91. The minimum absolute atomic E-state index is 0. The molecule has 0 saturated carbocycles. The molecule has 0 aromatic rings. The Hall–Kier alpha value is 1.55. The first-order valence-corrected chi connectivity index (χ1v) is 5.47. The molecule has 0 aliphatic carbocycles. The molecule has 1 unspecified atom stereocenters. The first-order valence-electron chi connectivity index (χ1n) is 3.89. The Morgan fingerprint density at radius 3 is 2.25 bits per heavy atom. The Morgan fingerprint density at radius 2 is 1.92 bits per heavy atom. The first kappa shape index (κ1) is 16.0. The van der Waals surface area contributed by atoms with Crippen molar-refractivity contribution in [3.8, 4) is 0 Å². The van der Waals surface area contributed by atoms with E-state index in [0.717, 1.165) is 12.8 Å². The Morgan fingerprint density at radius 1 is 1.42 bits per heavy atom. The molecule has 0 saturated heterocycles. The third-order valence-corrected chi connectivity index (χ3v) is 2.58. The molecule has 68 valence electrons. The van der Waals surface area contributed by atoms with Crippen LogP contribution in [0.15, 0.2) is 0 Å². The normalized spacial score (nSPS) is 13.6. The van der Waals surface area contributed by atoms with Gasteiger partial charge in [0, 0.05) is 5.75 Å². The summed E-state index contributed by atoms with van der Waals surface area (Å²) in [5.74, 6) is 0.314. The van der Waals surface area contributed by atoms with Crippen LogP contribution in [0.25, 0.3) is 0 Å². The SMILES string of the molecule is CCC(C)CCCS(=O)(=O)[O-].[K+]. The van der Waals surface area contributed by atoms with E-state index in [-0.39, 0.29) is 57.1 Å². The molecule has 0 aliphatic heterocycles. The van der Waals surface area contributed by atoms with Gasteiger partial charge in [0.15, 0.2) is 0 Å². The standard InChI is InChI=1S/C7H16O3S.K/c1-3-7(2)5-4-6-11(8,9)10;/h7H,3-6H2,1-2H3,(H,8,9,10);/q;+1/p-1. The van der Waals surface area contributed by atoms with Crippen LogP contribution in [0.1, 0.15) is 33.1 Å². The molecule has 12 heavy (non-hydrogen) atoms. The third kappa shape index (κ3) is 11.5. The van der Waals surface area contributed by atoms with Crippen molar-refractivity contribution in [3.05, 3.63) is 0 Å². The molecule has 1 atom stereocenters. The van der Waals surface area contributed by atoms with Crippen molar-refractivity contribution in [1.82, 2.24) is 0 Å². The van der Waals surface area contributed by atoms with Gasteiger partial charge in [-0.25, -0.2) is 8.42 Å². The summed E-state index contributed by atoms with van der Waals surface area (Å²) in [7, 11) is -3.98. The van der Waals surface area contributed by atoms with E-state index >= 15 is 0 Å². The van der Waals surface area contributed by atoms with Crippen LogP contribution >= 0.6 is 0 Å². The van der Waals surface area contributed by atoms with Gasteiger partial charge in [0.1, 0.15) is 0 Å². The van der Waals surface area contributed by atoms with Gasteiger partial charge >= 0.3 is 51.4 Å². The Bertz CT molecular complexity index is 189. The average Bonchev–Trinajstić information content (AvgIpc) is 1.85. The molecule has 0 heterocycles. The summed E-state index contributed by atoms with van der Waals surface area (Å²) >= 11 is 0. The number of hydrogen-bond acceptors (Lipinski definition) is 3. The molecule has 5 heteroatoms. The molecule has 0 amide bonds. The molecule has 0 aliphatic rings. The zero-order valence-corrected chi connectivity index (χ0v) is 12.0. The summed E-state index contributed by atoms with van der Waals surface area (Å²) in [6.07, 6.45) is 2.37. The molecule has 0 aromatic carbocycles. The van der Waals surface area contributed by atoms with E-state index in [4.69, 9.17) is 0 Å². The second kappa shape index (κ2) is 7.90. The maximum absolute atomic E-state index is 10.1. The fourth-order valence-corrected chi connectivity index (χ4v) is 1.33. The van der Waals surface area contributed by atoms with E-state index in [1.807, 2.05) is 0 Å². The van der Waals surface area contributed by atoms with Gasteiger partial charge in [-0.2, -0.15) is 0 Å². The minimum atomic E-state index is -3.98. The number of hydrogen-bond donors (Lipinski definition) is 0. The van der Waals surface area contributed by atoms with Gasteiger partial charge in [-0.05, 0) is 18.8 Å². The second-order valence-electron chi connectivity index (χ2n) is 2.92. The monoisotopic (exact) mass is 218 g/mol. The molecular formula is C7H15KO3S. The van der Waals surface area contributed by atoms with Gasteiger partial charge in [-0.1, -0.05) is 20.3 Å². The van der Waals surface area contributed by atoms with Gasteiger partial charge in [0.25, 0.3) is 0 Å². The van der Waals surface area contributed by atoms with Crippen molar-refractivity contribution in [2.45, 2.75) is 33.1 Å². The molecule has 0 aromatic heterocycles. The van der Waals surface area contributed by atoms with Crippen LogP contribution in [0.4, 0.5) is 0 Å². The van der Waals surface area contributed by atoms with Gasteiger partial charge in [0.05, 0.1) is 10.1 Å². The largest absolute Gasteiger partial charge is 1.00 e. The van der Waals surface area contributed by atoms with E-state index in [1.165, 1.54) is 0 Å². The topological polar surface area (TPSA) is 57.2 Å². The van der Waals surface area contributed by atoms with Crippen molar-refractivity contribution >= 4 is 10.1 Å². The smallest absolute Gasteiger partial charge is 0.748 e. The fraction of sp³-hybridized carbons (Fsp3) is 1.00. The second-order valence-corrected chi connectivity index (χ2v) is 4.44. The van der Waals surface area contributed by atoms with Crippen molar-refractivity contribution in [2.75, 3.05) is 5.75 Å². The minimum Gasteiger partial charge on any atom is -0.748 e. The van der Waals surface area contributed by atoms with Crippen LogP contribution in [-0.4, -0.2) is 18.7 Å². The summed E-state index contributed by atoms with van der Waals surface area (Å²) in [4.78, 5) is 0. The molecule has 0 radical (unpaired) electrons. The number of rotatable bonds is 5. The predicted molar refractivity (Wildman–Crippen MR) is 43.3 cm³/mol. The fourth-order valence-electron chi connectivity index (χ4n) is 0.813. The van der Waals surface area contributed by atoms with Crippen LogP contribution in [0.5, 0.6) is 0 Å². The van der Waals surface area contributed by atoms with Crippen LogP contribution in [0.3, 0.4) is 0 Å². The summed E-state index contributed by atoms with van der Waals surface area (Å²) < 4.78 is 30.4. The Balaban J connectivity index is 0. The van der Waals surface area contributed by atoms with Crippen LogP contribution < -0.4 is 51.4 Å². The summed E-state index contributed by atoms with van der Waals surface area (Å²) in [5.41, 5.74) is 0. The van der Waals surface area contributed by atoms with E-state index in [2.05, 4.69) is 13.8 Å². The van der Waals surface area contributed by atoms with E-state index < -0.39 is 10.1 Å². The molecule has 0 spiro atoms. The van der Waals surface area contributed by atoms with Gasteiger partial charge in [-0.15, -0.1) is 0 Å². The third-order valence-electron chi connectivity index (χ3n) is 1.79. The van der Waals surface area contributed by atoms with Gasteiger partial charge in [-0.3, -0.25) is 0 Å². The molecular weight excluding hydrogens is 203 g/mol. The van der Waals surface area contributed by atoms with E-state index in [1.54, 1.807) is 0 Å². The maximum atomic E-state index is 10.1. The van der Waals surface area contributed by atoms with Gasteiger partial charge in [0.2, 0.25) is 0 Å². The summed E-state index contributed by atoms with van der Waals surface area (Å²) in [6, 6.07) is 0. The van der Waals surface area contributed by atoms with E-state index in [0.29, 0.717) is 12.3 Å². The summed E-state index contributed by atoms with van der Waals surface area (Å²) in [5, 5.41) is 0. The van der Waals surface area contributed by atoms with Crippen LogP contribution in [-0.2, 0) is 10.1 Å². The molecule has 0 rings (SSSR count). The predicted octanol–water partition coefficient (Wildman–Crippen LogP) is -1.64. The summed E-state index contributed by atoms with van der Waals surface area (Å²) in [6.45, 7) is 4.10. The Kier molecular flexibility index (Phi) is 10.5. The van der Waals surface area contributed by atoms with Crippen molar-refractivity contribution in [1.29, 1.82) is 0 Å². The molecule has 0 bridgehead atoms. The van der Waals surface area contributed by atoms with Crippen LogP contribution in [0, 0.1) is 5.92 Å². The molecule has 3 nitrogen and oxygen atoms in total. The quantitative estimate of drug-likeness (QED) is 0.411. The zero-order valence-electron chi connectivity index (χ0n) is 8.04. The first-order chi connectivity index (χ1) is 4.95. The molecule has 0 N–H and O–H groups in total.